The van der Waals surface area contributed by atoms with Crippen LogP contribution in [0, 0.1) is 19.3 Å². The number of nitrogens with zero attached hydrogens (tertiary/aromatic N) is 2. The minimum absolute atomic E-state index is 0.0927. The van der Waals surface area contributed by atoms with Crippen LogP contribution in [0.2, 0.25) is 0 Å². The van der Waals surface area contributed by atoms with Crippen molar-refractivity contribution in [2.24, 2.45) is 5.41 Å². The van der Waals surface area contributed by atoms with Gasteiger partial charge in [-0.1, -0.05) is 26.8 Å². The van der Waals surface area contributed by atoms with Crippen LogP contribution in [0.15, 0.2) is 59.9 Å². The number of hydrogen-bond donors (Lipinski definition) is 2. The summed E-state index contributed by atoms with van der Waals surface area (Å²) in [7, 11) is 0. The molecule has 3 rings (SSSR count). The Bertz CT molecular complexity index is 1120. The maximum atomic E-state index is 12.9. The number of anilines is 2. The Morgan fingerprint density at radius 3 is 2.34 bits per heavy atom. The first-order valence-electron chi connectivity index (χ1n) is 10.4. The summed E-state index contributed by atoms with van der Waals surface area (Å²) in [6.07, 6.45) is 3.34. The van der Waals surface area contributed by atoms with Gasteiger partial charge in [-0.05, 0) is 66.9 Å². The molecule has 0 atom stereocenters. The molecule has 3 aromatic rings. The molecule has 0 radical (unpaired) electrons. The smallest absolute Gasteiger partial charge is 0.258 e. The fraction of sp³-hybridized carbons (Fsp3) is 0.280. The van der Waals surface area contributed by atoms with Crippen LogP contribution in [0.5, 0.6) is 0 Å². The van der Waals surface area contributed by atoms with Crippen molar-refractivity contribution in [1.82, 2.24) is 9.97 Å². The van der Waals surface area contributed by atoms with Gasteiger partial charge in [-0.15, -0.1) is 11.8 Å². The van der Waals surface area contributed by atoms with Gasteiger partial charge in [0.2, 0.25) is 5.91 Å². The number of thioether (sulfide) groups is 1. The van der Waals surface area contributed by atoms with Gasteiger partial charge in [0.1, 0.15) is 10.8 Å². The molecule has 1 aromatic carbocycles. The molecule has 2 amide bonds. The van der Waals surface area contributed by atoms with E-state index in [1.165, 1.54) is 11.8 Å². The van der Waals surface area contributed by atoms with Crippen LogP contribution in [0.25, 0.3) is 0 Å². The maximum Gasteiger partial charge on any atom is 0.258 e. The lowest BCUT2D eigenvalue weighted by atomic mass is 9.96. The molecule has 2 N–H and O–H groups in total. The molecule has 0 bridgehead atoms. The van der Waals surface area contributed by atoms with Crippen LogP contribution in [-0.4, -0.2) is 21.8 Å². The molecule has 0 spiro atoms. The van der Waals surface area contributed by atoms with Gasteiger partial charge in [0.05, 0.1) is 5.56 Å². The summed E-state index contributed by atoms with van der Waals surface area (Å²) in [5.74, 6) is 0.807. The molecule has 0 fully saturated rings. The Morgan fingerprint density at radius 1 is 0.938 bits per heavy atom. The largest absolute Gasteiger partial charge is 0.322 e. The number of hydrogen-bond acceptors (Lipinski definition) is 5. The number of rotatable bonds is 6. The molecule has 0 aliphatic heterocycles. The number of nitrogens with one attached hydrogen (secondary N) is 2. The first-order chi connectivity index (χ1) is 15.1. The Labute approximate surface area is 193 Å². The van der Waals surface area contributed by atoms with Crippen molar-refractivity contribution in [3.63, 3.8) is 0 Å². The van der Waals surface area contributed by atoms with Gasteiger partial charge < -0.3 is 10.6 Å². The highest BCUT2D eigenvalue weighted by Gasteiger charge is 2.21. The third-order valence-corrected chi connectivity index (χ3v) is 5.69. The molecule has 6 nitrogen and oxygen atoms in total. The van der Waals surface area contributed by atoms with E-state index in [4.69, 9.17) is 0 Å². The van der Waals surface area contributed by atoms with Crippen LogP contribution in [0.1, 0.15) is 47.8 Å². The minimum Gasteiger partial charge on any atom is -0.322 e. The average molecular weight is 449 g/mol. The fourth-order valence-corrected chi connectivity index (χ4v) is 3.95. The predicted octanol–water partition coefficient (Wildman–Crippen LogP) is 5.62. The summed E-state index contributed by atoms with van der Waals surface area (Å²) in [4.78, 5) is 33.8. The van der Waals surface area contributed by atoms with E-state index in [1.807, 2.05) is 58.9 Å². The summed E-state index contributed by atoms with van der Waals surface area (Å²) >= 11 is 1.47. The van der Waals surface area contributed by atoms with E-state index in [-0.39, 0.29) is 11.8 Å². The molecule has 2 heterocycles. The average Bonchev–Trinajstić information content (AvgIpc) is 2.71. The van der Waals surface area contributed by atoms with E-state index in [0.717, 1.165) is 22.4 Å². The van der Waals surface area contributed by atoms with Gasteiger partial charge in [-0.2, -0.15) is 0 Å². The van der Waals surface area contributed by atoms with Crippen LogP contribution in [0.4, 0.5) is 11.5 Å². The van der Waals surface area contributed by atoms with Crippen molar-refractivity contribution in [2.75, 3.05) is 10.6 Å². The van der Waals surface area contributed by atoms with Crippen molar-refractivity contribution in [2.45, 2.75) is 45.4 Å². The number of aryl methyl sites for hydroxylation is 2. The second-order valence-corrected chi connectivity index (χ2v) is 9.69. The van der Waals surface area contributed by atoms with Gasteiger partial charge in [-0.3, -0.25) is 9.59 Å². The molecule has 0 aliphatic rings. The number of carbonyl (C=O) groups is 2. The van der Waals surface area contributed by atoms with Crippen LogP contribution < -0.4 is 10.6 Å². The van der Waals surface area contributed by atoms with E-state index in [2.05, 4.69) is 26.7 Å². The van der Waals surface area contributed by atoms with Crippen molar-refractivity contribution >= 4 is 35.1 Å². The van der Waals surface area contributed by atoms with Crippen molar-refractivity contribution < 1.29 is 9.59 Å². The summed E-state index contributed by atoms with van der Waals surface area (Å²) < 4.78 is 0. The van der Waals surface area contributed by atoms with Crippen LogP contribution in [-0.2, 0) is 10.5 Å². The van der Waals surface area contributed by atoms with Gasteiger partial charge in [0, 0.05) is 29.2 Å². The van der Waals surface area contributed by atoms with Crippen molar-refractivity contribution in [3.05, 3.63) is 77.1 Å². The lowest BCUT2D eigenvalue weighted by Crippen LogP contribution is -2.28. The number of amides is 2. The Balaban J connectivity index is 1.71. The third kappa shape index (κ3) is 6.40. The summed E-state index contributed by atoms with van der Waals surface area (Å²) in [5, 5.41) is 6.47. The zero-order chi connectivity index (χ0) is 23.3. The SMILES string of the molecule is Cc1cc(C)cc(NC(=O)c2cccnc2SCc2ccnc(NC(=O)C(C)(C)C)c2)c1. The van der Waals surface area contributed by atoms with E-state index in [0.29, 0.717) is 22.2 Å². The van der Waals surface area contributed by atoms with E-state index in [9.17, 15) is 9.59 Å². The fourth-order valence-electron chi connectivity index (χ4n) is 3.01. The molecule has 166 valence electrons. The standard InChI is InChI=1S/C25H28N4O2S/c1-16-11-17(2)13-19(12-16)28-22(30)20-7-6-9-27-23(20)32-15-18-8-10-26-21(14-18)29-24(31)25(3,4)5/h6-14H,15H2,1-5H3,(H,28,30)(H,26,29,31). The Morgan fingerprint density at radius 2 is 1.66 bits per heavy atom. The normalized spacial score (nSPS) is 11.2. The zero-order valence-electron chi connectivity index (χ0n) is 19.0. The van der Waals surface area contributed by atoms with Gasteiger partial charge in [0.15, 0.2) is 0 Å². The first-order valence-corrected chi connectivity index (χ1v) is 11.3. The lowest BCUT2D eigenvalue weighted by Gasteiger charge is -2.17. The molecular weight excluding hydrogens is 420 g/mol. The second kappa shape index (κ2) is 9.96. The molecule has 0 saturated heterocycles. The highest BCUT2D eigenvalue weighted by atomic mass is 32.2. The topological polar surface area (TPSA) is 84.0 Å². The Hall–Kier alpha value is -3.19. The number of benzene rings is 1. The van der Waals surface area contributed by atoms with Gasteiger partial charge in [-0.25, -0.2) is 9.97 Å². The quantitative estimate of drug-likeness (QED) is 0.478. The van der Waals surface area contributed by atoms with Crippen molar-refractivity contribution in [3.8, 4) is 0 Å². The van der Waals surface area contributed by atoms with Gasteiger partial charge >= 0.3 is 0 Å². The first kappa shape index (κ1) is 23.5. The van der Waals surface area contributed by atoms with Crippen LogP contribution >= 0.6 is 11.8 Å². The second-order valence-electron chi connectivity index (χ2n) is 8.73. The van der Waals surface area contributed by atoms with Crippen molar-refractivity contribution in [1.29, 1.82) is 0 Å². The highest BCUT2D eigenvalue weighted by molar-refractivity contribution is 7.98. The third-order valence-electron chi connectivity index (χ3n) is 4.62. The maximum absolute atomic E-state index is 12.9. The highest BCUT2D eigenvalue weighted by Crippen LogP contribution is 2.26. The van der Waals surface area contributed by atoms with E-state index >= 15 is 0 Å². The monoisotopic (exact) mass is 448 g/mol. The molecule has 0 saturated carbocycles. The number of pyridine rings is 2. The molecule has 0 unspecified atom stereocenters. The molecule has 7 heteroatoms. The summed E-state index contributed by atoms with van der Waals surface area (Å²) in [5.41, 5.74) is 3.94. The van der Waals surface area contributed by atoms with E-state index in [1.54, 1.807) is 24.5 Å². The zero-order valence-corrected chi connectivity index (χ0v) is 19.8. The number of aromatic nitrogens is 2. The number of carbonyl (C=O) groups excluding carboxylic acids is 2. The molecule has 32 heavy (non-hydrogen) atoms. The minimum atomic E-state index is -0.501. The summed E-state index contributed by atoms with van der Waals surface area (Å²) in [6, 6.07) is 13.2. The summed E-state index contributed by atoms with van der Waals surface area (Å²) in [6.45, 7) is 9.57. The van der Waals surface area contributed by atoms with Gasteiger partial charge in [0.25, 0.3) is 5.91 Å². The van der Waals surface area contributed by atoms with Crippen LogP contribution in [0.3, 0.4) is 0 Å². The molecule has 2 aromatic heterocycles. The Kier molecular flexibility index (Phi) is 7.30. The molecule has 0 aliphatic carbocycles. The molecular formula is C25H28N4O2S. The van der Waals surface area contributed by atoms with E-state index < -0.39 is 5.41 Å². The predicted molar refractivity (Wildman–Crippen MR) is 130 cm³/mol. The lowest BCUT2D eigenvalue weighted by molar-refractivity contribution is -0.123.